The number of amides is 1. The van der Waals surface area contributed by atoms with Crippen molar-refractivity contribution in [3.05, 3.63) is 53.9 Å². The maximum atomic E-state index is 12.8. The van der Waals surface area contributed by atoms with Gasteiger partial charge in [0.1, 0.15) is 0 Å². The zero-order valence-electron chi connectivity index (χ0n) is 15.8. The molecule has 0 saturated carbocycles. The van der Waals surface area contributed by atoms with Crippen LogP contribution in [0.4, 0.5) is 5.95 Å². The third kappa shape index (κ3) is 3.95. The summed E-state index contributed by atoms with van der Waals surface area (Å²) in [6, 6.07) is 9.67. The van der Waals surface area contributed by atoms with Crippen LogP contribution in [0.1, 0.15) is 28.8 Å². The molecule has 2 aromatic rings. The van der Waals surface area contributed by atoms with Crippen LogP contribution in [0, 0.1) is 12.3 Å². The van der Waals surface area contributed by atoms with Crippen LogP contribution >= 0.6 is 0 Å². The van der Waals surface area contributed by atoms with Gasteiger partial charge in [0.25, 0.3) is 5.91 Å². The second kappa shape index (κ2) is 7.64. The van der Waals surface area contributed by atoms with Crippen LogP contribution in [0.5, 0.6) is 0 Å². The van der Waals surface area contributed by atoms with Crippen molar-refractivity contribution in [2.45, 2.75) is 19.8 Å². The van der Waals surface area contributed by atoms with E-state index in [-0.39, 0.29) is 11.3 Å². The van der Waals surface area contributed by atoms with Crippen molar-refractivity contribution in [2.24, 2.45) is 5.41 Å². The number of piperidine rings is 1. The Bertz CT molecular complexity index is 771. The summed E-state index contributed by atoms with van der Waals surface area (Å²) >= 11 is 0. The first-order valence-electron chi connectivity index (χ1n) is 9.61. The molecule has 6 heteroatoms. The van der Waals surface area contributed by atoms with E-state index in [1.165, 1.54) is 5.56 Å². The summed E-state index contributed by atoms with van der Waals surface area (Å²) < 4.78 is 5.93. The average molecular weight is 366 g/mol. The monoisotopic (exact) mass is 366 g/mol. The highest BCUT2D eigenvalue weighted by Gasteiger charge is 2.39. The van der Waals surface area contributed by atoms with Gasteiger partial charge >= 0.3 is 0 Å². The van der Waals surface area contributed by atoms with Gasteiger partial charge in [0.15, 0.2) is 0 Å². The fourth-order valence-electron chi connectivity index (χ4n) is 3.98. The minimum Gasteiger partial charge on any atom is -0.379 e. The predicted molar refractivity (Wildman–Crippen MR) is 104 cm³/mol. The number of carbonyl (C=O) groups excluding carboxylic acids is 1. The van der Waals surface area contributed by atoms with Crippen LogP contribution in [0.15, 0.2) is 42.7 Å². The first-order chi connectivity index (χ1) is 13.2. The van der Waals surface area contributed by atoms with Crippen LogP contribution in [0.25, 0.3) is 0 Å². The van der Waals surface area contributed by atoms with Crippen molar-refractivity contribution < 1.29 is 9.53 Å². The van der Waals surface area contributed by atoms with Crippen molar-refractivity contribution in [3.63, 3.8) is 0 Å². The van der Waals surface area contributed by atoms with Crippen LogP contribution in [-0.2, 0) is 4.74 Å². The maximum absolute atomic E-state index is 12.8. The number of likely N-dealkylation sites (tertiary alicyclic amines) is 1. The van der Waals surface area contributed by atoms with Gasteiger partial charge < -0.3 is 14.5 Å². The van der Waals surface area contributed by atoms with Crippen molar-refractivity contribution >= 4 is 11.9 Å². The Morgan fingerprint density at radius 3 is 2.48 bits per heavy atom. The van der Waals surface area contributed by atoms with E-state index in [0.717, 1.165) is 57.1 Å². The van der Waals surface area contributed by atoms with E-state index in [0.29, 0.717) is 6.61 Å². The van der Waals surface area contributed by atoms with Gasteiger partial charge in [-0.3, -0.25) is 4.79 Å². The van der Waals surface area contributed by atoms with Gasteiger partial charge in [-0.1, -0.05) is 17.7 Å². The number of nitrogens with zero attached hydrogens (tertiary/aromatic N) is 4. The molecule has 1 amide bonds. The number of aromatic nitrogens is 2. The topological polar surface area (TPSA) is 58.6 Å². The van der Waals surface area contributed by atoms with E-state index in [1.807, 2.05) is 42.2 Å². The van der Waals surface area contributed by atoms with E-state index >= 15 is 0 Å². The summed E-state index contributed by atoms with van der Waals surface area (Å²) in [6.45, 7) is 6.67. The lowest BCUT2D eigenvalue weighted by molar-refractivity contribution is 0.0207. The SMILES string of the molecule is Cc1ccc(C(=O)N2CCC3(CC2)COCCN(c2ncccn2)C3)cc1. The number of anilines is 1. The first-order valence-corrected chi connectivity index (χ1v) is 9.61. The van der Waals surface area contributed by atoms with Crippen molar-refractivity contribution in [3.8, 4) is 0 Å². The molecule has 0 atom stereocenters. The molecular formula is C21H26N4O2. The largest absolute Gasteiger partial charge is 0.379 e. The van der Waals surface area contributed by atoms with E-state index in [9.17, 15) is 4.79 Å². The Kier molecular flexibility index (Phi) is 5.07. The fourth-order valence-corrected chi connectivity index (χ4v) is 3.98. The minimum absolute atomic E-state index is 0.0553. The summed E-state index contributed by atoms with van der Waals surface area (Å²) in [4.78, 5) is 25.8. The molecule has 2 fully saturated rings. The molecule has 1 aromatic carbocycles. The van der Waals surface area contributed by atoms with Crippen LogP contribution < -0.4 is 4.90 Å². The normalized spacial score (nSPS) is 19.7. The molecular weight excluding hydrogens is 340 g/mol. The van der Waals surface area contributed by atoms with Gasteiger partial charge in [-0.25, -0.2) is 9.97 Å². The Balaban J connectivity index is 1.43. The number of rotatable bonds is 2. The summed E-state index contributed by atoms with van der Waals surface area (Å²) in [5.41, 5.74) is 2.00. The average Bonchev–Trinajstić information content (AvgIpc) is 2.92. The van der Waals surface area contributed by atoms with Crippen molar-refractivity contribution in [1.29, 1.82) is 0 Å². The van der Waals surface area contributed by atoms with Crippen LogP contribution in [0.3, 0.4) is 0 Å². The quantitative estimate of drug-likeness (QED) is 0.817. The van der Waals surface area contributed by atoms with Gasteiger partial charge in [-0.2, -0.15) is 0 Å². The van der Waals surface area contributed by atoms with Crippen molar-refractivity contribution in [2.75, 3.05) is 44.3 Å². The van der Waals surface area contributed by atoms with Gasteiger partial charge in [0.05, 0.1) is 13.2 Å². The number of ether oxygens (including phenoxy) is 1. The molecule has 0 radical (unpaired) electrons. The maximum Gasteiger partial charge on any atom is 0.253 e. The molecule has 0 unspecified atom stereocenters. The van der Waals surface area contributed by atoms with Crippen LogP contribution in [-0.4, -0.2) is 60.2 Å². The zero-order chi connectivity index (χ0) is 18.7. The molecule has 1 spiro atoms. The summed E-state index contributed by atoms with van der Waals surface area (Å²) in [5, 5.41) is 0. The number of carbonyl (C=O) groups is 1. The summed E-state index contributed by atoms with van der Waals surface area (Å²) in [6.07, 6.45) is 5.44. The third-order valence-corrected chi connectivity index (χ3v) is 5.68. The highest BCUT2D eigenvalue weighted by atomic mass is 16.5. The molecule has 2 aliphatic heterocycles. The van der Waals surface area contributed by atoms with Gasteiger partial charge in [0.2, 0.25) is 5.95 Å². The van der Waals surface area contributed by atoms with Crippen molar-refractivity contribution in [1.82, 2.24) is 14.9 Å². The lowest BCUT2D eigenvalue weighted by Gasteiger charge is -2.42. The Morgan fingerprint density at radius 2 is 1.78 bits per heavy atom. The molecule has 0 bridgehead atoms. The van der Waals surface area contributed by atoms with E-state index < -0.39 is 0 Å². The molecule has 3 heterocycles. The Labute approximate surface area is 160 Å². The number of aryl methyl sites for hydroxylation is 1. The highest BCUT2D eigenvalue weighted by Crippen LogP contribution is 2.35. The van der Waals surface area contributed by atoms with E-state index in [2.05, 4.69) is 14.9 Å². The fraction of sp³-hybridized carbons (Fsp3) is 0.476. The number of hydrogen-bond acceptors (Lipinski definition) is 5. The second-order valence-corrected chi connectivity index (χ2v) is 7.68. The Morgan fingerprint density at radius 1 is 1.07 bits per heavy atom. The molecule has 4 rings (SSSR count). The minimum atomic E-state index is 0.0553. The molecule has 0 N–H and O–H groups in total. The molecule has 6 nitrogen and oxygen atoms in total. The first kappa shape index (κ1) is 17.9. The lowest BCUT2D eigenvalue weighted by atomic mass is 9.78. The van der Waals surface area contributed by atoms with Gasteiger partial charge in [-0.15, -0.1) is 0 Å². The molecule has 2 saturated heterocycles. The summed E-state index contributed by atoms with van der Waals surface area (Å²) in [5.74, 6) is 0.892. The molecule has 0 aliphatic carbocycles. The molecule has 1 aromatic heterocycles. The smallest absolute Gasteiger partial charge is 0.253 e. The molecule has 2 aliphatic rings. The van der Waals surface area contributed by atoms with Crippen LogP contribution in [0.2, 0.25) is 0 Å². The van der Waals surface area contributed by atoms with Gasteiger partial charge in [-0.05, 0) is 38.0 Å². The second-order valence-electron chi connectivity index (χ2n) is 7.68. The standard InChI is InChI=1S/C21H26N4O2/c1-17-3-5-18(6-4-17)19(26)24-11-7-21(8-12-24)15-25(13-14-27-16-21)20-22-9-2-10-23-20/h2-6,9-10H,7-8,11-16H2,1H3. The molecule has 27 heavy (non-hydrogen) atoms. The predicted octanol–water partition coefficient (Wildman–Crippen LogP) is 2.54. The zero-order valence-corrected chi connectivity index (χ0v) is 15.8. The Hall–Kier alpha value is -2.47. The molecule has 142 valence electrons. The number of benzene rings is 1. The number of hydrogen-bond donors (Lipinski definition) is 0. The third-order valence-electron chi connectivity index (χ3n) is 5.68. The van der Waals surface area contributed by atoms with E-state index in [1.54, 1.807) is 12.4 Å². The van der Waals surface area contributed by atoms with Gasteiger partial charge in [0, 0.05) is 49.6 Å². The highest BCUT2D eigenvalue weighted by molar-refractivity contribution is 5.94. The van der Waals surface area contributed by atoms with E-state index in [4.69, 9.17) is 4.74 Å². The lowest BCUT2D eigenvalue weighted by Crippen LogP contribution is -2.49. The summed E-state index contributed by atoms with van der Waals surface area (Å²) in [7, 11) is 0.